The highest BCUT2D eigenvalue weighted by molar-refractivity contribution is 8.00. The molecule has 2 heterocycles. The molecule has 0 aliphatic carbocycles. The Morgan fingerprint density at radius 3 is 2.62 bits per heavy atom. The van der Waals surface area contributed by atoms with Crippen LogP contribution in [0, 0.1) is 0 Å². The van der Waals surface area contributed by atoms with E-state index in [2.05, 4.69) is 0 Å². The minimum atomic E-state index is -0.568. The van der Waals surface area contributed by atoms with Gasteiger partial charge < -0.3 is 14.4 Å². The van der Waals surface area contributed by atoms with Crippen LogP contribution in [0.4, 0.5) is 0 Å². The second-order valence-corrected chi connectivity index (χ2v) is 7.77. The molecule has 0 spiro atoms. The van der Waals surface area contributed by atoms with Gasteiger partial charge in [-0.1, -0.05) is 0 Å². The number of rotatable bonds is 3. The molecule has 0 aromatic carbocycles. The number of alkyl halides is 1. The van der Waals surface area contributed by atoms with E-state index in [0.29, 0.717) is 18.0 Å². The first-order valence-electron chi connectivity index (χ1n) is 6.80. The van der Waals surface area contributed by atoms with E-state index in [-0.39, 0.29) is 29.3 Å². The summed E-state index contributed by atoms with van der Waals surface area (Å²) in [5.74, 6) is -0.123. The predicted octanol–water partition coefficient (Wildman–Crippen LogP) is 2.14. The Morgan fingerprint density at radius 2 is 2.10 bits per heavy atom. The number of carbonyl (C=O) groups is 2. The lowest BCUT2D eigenvalue weighted by molar-refractivity contribution is -0.153. The van der Waals surface area contributed by atoms with E-state index in [0.717, 1.165) is 5.57 Å². The molecule has 2 aliphatic rings. The Hall–Kier alpha value is -0.880. The molecule has 0 saturated carbocycles. The zero-order valence-electron chi connectivity index (χ0n) is 12.6. The molecule has 118 valence electrons. The van der Waals surface area contributed by atoms with Gasteiger partial charge >= 0.3 is 11.9 Å². The van der Waals surface area contributed by atoms with Crippen LogP contribution in [0.3, 0.4) is 0 Å². The summed E-state index contributed by atoms with van der Waals surface area (Å²) >= 11 is 7.84. The van der Waals surface area contributed by atoms with Crippen molar-refractivity contribution in [2.75, 3.05) is 18.9 Å². The van der Waals surface area contributed by atoms with Crippen molar-refractivity contribution in [3.63, 3.8) is 0 Å². The number of carbonyl (C=O) groups excluding carboxylic acids is 2. The van der Waals surface area contributed by atoms with Crippen LogP contribution in [-0.2, 0) is 19.1 Å². The van der Waals surface area contributed by atoms with Crippen LogP contribution in [-0.4, -0.2) is 52.1 Å². The van der Waals surface area contributed by atoms with Crippen molar-refractivity contribution in [1.82, 2.24) is 4.90 Å². The van der Waals surface area contributed by atoms with Gasteiger partial charge in [0.05, 0.1) is 10.8 Å². The fourth-order valence-corrected chi connectivity index (χ4v) is 3.96. The van der Waals surface area contributed by atoms with Crippen molar-refractivity contribution in [2.24, 2.45) is 0 Å². The normalized spacial score (nSPS) is 25.1. The molecule has 1 fully saturated rings. The van der Waals surface area contributed by atoms with E-state index < -0.39 is 5.60 Å². The first-order valence-corrected chi connectivity index (χ1v) is 8.28. The average Bonchev–Trinajstić information content (AvgIpc) is 2.32. The van der Waals surface area contributed by atoms with Gasteiger partial charge in [0.2, 0.25) is 0 Å². The van der Waals surface area contributed by atoms with Gasteiger partial charge in [0, 0.05) is 24.8 Å². The van der Waals surface area contributed by atoms with Gasteiger partial charge in [-0.2, -0.15) is 0 Å². The largest absolute Gasteiger partial charge is 0.461 e. The summed E-state index contributed by atoms with van der Waals surface area (Å²) < 4.78 is 10.5. The number of nitrogens with zero attached hydrogens (tertiary/aromatic N) is 1. The van der Waals surface area contributed by atoms with E-state index in [1.165, 1.54) is 6.92 Å². The number of fused-ring (bicyclic) bond motifs is 1. The molecule has 0 aromatic heterocycles. The van der Waals surface area contributed by atoms with E-state index in [1.807, 2.05) is 25.7 Å². The molecular formula is C14H20ClNO4S. The van der Waals surface area contributed by atoms with Crippen LogP contribution in [0.25, 0.3) is 0 Å². The topological polar surface area (TPSA) is 55.8 Å². The molecule has 5 nitrogen and oxygen atoms in total. The van der Waals surface area contributed by atoms with Crippen molar-refractivity contribution < 1.29 is 19.1 Å². The lowest BCUT2D eigenvalue weighted by Gasteiger charge is -2.50. The summed E-state index contributed by atoms with van der Waals surface area (Å²) in [5, 5.41) is 0.123. The van der Waals surface area contributed by atoms with Crippen molar-refractivity contribution in [3.8, 4) is 0 Å². The van der Waals surface area contributed by atoms with Crippen molar-refractivity contribution in [3.05, 3.63) is 11.3 Å². The molecule has 2 atom stereocenters. The highest BCUT2D eigenvalue weighted by Crippen LogP contribution is 2.42. The number of esters is 2. The zero-order valence-corrected chi connectivity index (χ0v) is 14.2. The van der Waals surface area contributed by atoms with Gasteiger partial charge in [-0.25, -0.2) is 4.79 Å². The Morgan fingerprint density at radius 1 is 1.43 bits per heavy atom. The van der Waals surface area contributed by atoms with Crippen LogP contribution >= 0.6 is 23.4 Å². The summed E-state index contributed by atoms with van der Waals surface area (Å²) in [5.41, 5.74) is 0.721. The fraction of sp³-hybridized carbons (Fsp3) is 0.714. The average molecular weight is 334 g/mol. The Bertz CT molecular complexity index is 486. The third-order valence-corrected chi connectivity index (χ3v) is 5.05. The number of ether oxygens (including phenoxy) is 2. The number of halogens is 1. The highest BCUT2D eigenvalue weighted by atomic mass is 35.5. The molecule has 2 unspecified atom stereocenters. The third kappa shape index (κ3) is 3.86. The van der Waals surface area contributed by atoms with Crippen LogP contribution in [0.2, 0.25) is 0 Å². The predicted molar refractivity (Wildman–Crippen MR) is 82.1 cm³/mol. The monoisotopic (exact) mass is 333 g/mol. The first-order chi connectivity index (χ1) is 9.69. The van der Waals surface area contributed by atoms with Gasteiger partial charge in [0.15, 0.2) is 0 Å². The lowest BCUT2D eigenvalue weighted by atomic mass is 10.1. The van der Waals surface area contributed by atoms with E-state index in [9.17, 15) is 9.59 Å². The fourth-order valence-electron chi connectivity index (χ4n) is 2.20. The second kappa shape index (κ2) is 6.08. The maximum absolute atomic E-state index is 12.5. The Labute approximate surface area is 134 Å². The standard InChI is InChI=1S/C14H20ClNO4S/c1-8(17)19-6-9-7-21-12-10(15)5-16(12)11(9)13(18)20-14(2,3)4/h10,12H,5-7H2,1-4H3. The summed E-state index contributed by atoms with van der Waals surface area (Å²) in [6, 6.07) is 0. The summed E-state index contributed by atoms with van der Waals surface area (Å²) in [4.78, 5) is 25.4. The molecule has 2 aliphatic heterocycles. The van der Waals surface area contributed by atoms with Gasteiger partial charge in [-0.3, -0.25) is 4.79 Å². The maximum atomic E-state index is 12.5. The van der Waals surface area contributed by atoms with Crippen LogP contribution < -0.4 is 0 Å². The zero-order chi connectivity index (χ0) is 15.8. The minimum Gasteiger partial charge on any atom is -0.461 e. The Kier molecular flexibility index (Phi) is 4.78. The number of hydrogen-bond acceptors (Lipinski definition) is 6. The molecular weight excluding hydrogens is 314 g/mol. The number of hydrogen-bond donors (Lipinski definition) is 0. The van der Waals surface area contributed by atoms with Gasteiger partial charge in [0.25, 0.3) is 0 Å². The molecule has 0 N–H and O–H groups in total. The van der Waals surface area contributed by atoms with Crippen molar-refractivity contribution >= 4 is 35.3 Å². The quantitative estimate of drug-likeness (QED) is 0.582. The van der Waals surface area contributed by atoms with Gasteiger partial charge in [0.1, 0.15) is 17.9 Å². The molecule has 7 heteroatoms. The molecule has 0 aromatic rings. The van der Waals surface area contributed by atoms with Gasteiger partial charge in [-0.15, -0.1) is 23.4 Å². The first kappa shape index (κ1) is 16.5. The number of thioether (sulfide) groups is 1. The molecule has 0 bridgehead atoms. The van der Waals surface area contributed by atoms with Crippen molar-refractivity contribution in [2.45, 2.75) is 44.0 Å². The summed E-state index contributed by atoms with van der Waals surface area (Å²) in [6.07, 6.45) is 0. The van der Waals surface area contributed by atoms with E-state index in [1.54, 1.807) is 11.8 Å². The second-order valence-electron chi connectivity index (χ2n) is 6.10. The van der Waals surface area contributed by atoms with E-state index >= 15 is 0 Å². The minimum absolute atomic E-state index is 0.0303. The molecule has 1 saturated heterocycles. The highest BCUT2D eigenvalue weighted by Gasteiger charge is 2.46. The summed E-state index contributed by atoms with van der Waals surface area (Å²) in [7, 11) is 0. The molecule has 2 rings (SSSR count). The lowest BCUT2D eigenvalue weighted by Crippen LogP contribution is -2.58. The molecule has 0 amide bonds. The molecule has 0 radical (unpaired) electrons. The maximum Gasteiger partial charge on any atom is 0.355 e. The summed E-state index contributed by atoms with van der Waals surface area (Å²) in [6.45, 7) is 7.56. The molecule has 21 heavy (non-hydrogen) atoms. The van der Waals surface area contributed by atoms with Crippen molar-refractivity contribution in [1.29, 1.82) is 0 Å². The van der Waals surface area contributed by atoms with Gasteiger partial charge in [-0.05, 0) is 20.8 Å². The van der Waals surface area contributed by atoms with Crippen LogP contribution in [0.5, 0.6) is 0 Å². The smallest absolute Gasteiger partial charge is 0.355 e. The van der Waals surface area contributed by atoms with E-state index in [4.69, 9.17) is 21.1 Å². The third-order valence-electron chi connectivity index (χ3n) is 3.08. The SMILES string of the molecule is CC(=O)OCC1=C(C(=O)OC(C)(C)C)N2CC(Cl)C2SC1. The van der Waals surface area contributed by atoms with Crippen LogP contribution in [0.15, 0.2) is 11.3 Å². The Balaban J connectivity index is 2.22. The van der Waals surface area contributed by atoms with Crippen LogP contribution in [0.1, 0.15) is 27.7 Å².